The summed E-state index contributed by atoms with van der Waals surface area (Å²) in [5, 5.41) is 14.1. The van der Waals surface area contributed by atoms with Gasteiger partial charge < -0.3 is 20.5 Å². The summed E-state index contributed by atoms with van der Waals surface area (Å²) in [6.45, 7) is 1.09. The van der Waals surface area contributed by atoms with Gasteiger partial charge in [-0.1, -0.05) is 0 Å². The molecular formula is C12H15BrN2O4. The first-order chi connectivity index (χ1) is 9.04. The Labute approximate surface area is 119 Å². The number of urea groups is 1. The van der Waals surface area contributed by atoms with Gasteiger partial charge in [0.05, 0.1) is 11.3 Å². The molecule has 0 saturated heterocycles. The van der Waals surface area contributed by atoms with E-state index in [1.54, 1.807) is 7.11 Å². The second-order valence-electron chi connectivity index (χ2n) is 3.73. The van der Waals surface area contributed by atoms with E-state index in [9.17, 15) is 9.59 Å². The van der Waals surface area contributed by atoms with Crippen LogP contribution < -0.4 is 10.6 Å². The Kier molecular flexibility index (Phi) is 6.31. The Morgan fingerprint density at radius 1 is 1.42 bits per heavy atom. The highest BCUT2D eigenvalue weighted by atomic mass is 79.9. The second kappa shape index (κ2) is 7.75. The largest absolute Gasteiger partial charge is 0.478 e. The van der Waals surface area contributed by atoms with Gasteiger partial charge in [0.15, 0.2) is 0 Å². The highest BCUT2D eigenvalue weighted by Gasteiger charge is 2.08. The Balaban J connectivity index is 2.52. The van der Waals surface area contributed by atoms with E-state index < -0.39 is 5.97 Å². The number of nitrogens with one attached hydrogen (secondary N) is 2. The van der Waals surface area contributed by atoms with E-state index in [0.29, 0.717) is 23.3 Å². The van der Waals surface area contributed by atoms with Crippen molar-refractivity contribution in [2.75, 3.05) is 25.6 Å². The summed E-state index contributed by atoms with van der Waals surface area (Å²) in [6.07, 6.45) is 0.725. The van der Waals surface area contributed by atoms with Crippen molar-refractivity contribution in [3.8, 4) is 0 Å². The first kappa shape index (κ1) is 15.5. The zero-order valence-corrected chi connectivity index (χ0v) is 12.0. The van der Waals surface area contributed by atoms with Gasteiger partial charge in [0, 0.05) is 24.7 Å². The van der Waals surface area contributed by atoms with Crippen LogP contribution in [0, 0.1) is 0 Å². The molecule has 19 heavy (non-hydrogen) atoms. The molecule has 1 aromatic carbocycles. The molecule has 104 valence electrons. The van der Waals surface area contributed by atoms with Crippen molar-refractivity contribution < 1.29 is 19.4 Å². The lowest BCUT2D eigenvalue weighted by atomic mass is 10.2. The van der Waals surface area contributed by atoms with Crippen molar-refractivity contribution in [3.05, 3.63) is 28.2 Å². The van der Waals surface area contributed by atoms with Crippen LogP contribution in [0.5, 0.6) is 0 Å². The Morgan fingerprint density at radius 3 is 2.74 bits per heavy atom. The molecule has 0 aliphatic heterocycles. The maximum atomic E-state index is 11.5. The van der Waals surface area contributed by atoms with Gasteiger partial charge in [-0.2, -0.15) is 0 Å². The van der Waals surface area contributed by atoms with Crippen molar-refractivity contribution in [1.29, 1.82) is 0 Å². The molecule has 0 radical (unpaired) electrons. The standard InChI is InChI=1S/C12H15BrN2O4/c1-19-6-2-5-14-12(18)15-10-4-3-8(11(16)17)7-9(10)13/h3-4,7H,2,5-6H2,1H3,(H,16,17)(H2,14,15,18). The fourth-order valence-corrected chi connectivity index (χ4v) is 1.81. The number of benzene rings is 1. The van der Waals surface area contributed by atoms with E-state index in [-0.39, 0.29) is 11.6 Å². The summed E-state index contributed by atoms with van der Waals surface area (Å²) in [5.41, 5.74) is 0.659. The molecule has 0 unspecified atom stereocenters. The van der Waals surface area contributed by atoms with E-state index in [0.717, 1.165) is 6.42 Å². The molecule has 0 atom stereocenters. The smallest absolute Gasteiger partial charge is 0.335 e. The minimum Gasteiger partial charge on any atom is -0.478 e. The normalized spacial score (nSPS) is 10.0. The number of ether oxygens (including phenoxy) is 1. The number of halogens is 1. The summed E-state index contributed by atoms with van der Waals surface area (Å²) >= 11 is 3.21. The minimum atomic E-state index is -1.02. The van der Waals surface area contributed by atoms with Crippen LogP contribution in [0.2, 0.25) is 0 Å². The van der Waals surface area contributed by atoms with Crippen LogP contribution in [0.1, 0.15) is 16.8 Å². The van der Waals surface area contributed by atoms with E-state index in [1.807, 2.05) is 0 Å². The van der Waals surface area contributed by atoms with Crippen molar-refractivity contribution in [2.45, 2.75) is 6.42 Å². The Hall–Kier alpha value is -1.60. The fraction of sp³-hybridized carbons (Fsp3) is 0.333. The number of carbonyl (C=O) groups is 2. The van der Waals surface area contributed by atoms with Crippen molar-refractivity contribution in [3.63, 3.8) is 0 Å². The number of amides is 2. The summed E-state index contributed by atoms with van der Waals surface area (Å²) in [7, 11) is 1.60. The quantitative estimate of drug-likeness (QED) is 0.698. The third kappa shape index (κ3) is 5.27. The Morgan fingerprint density at radius 2 is 2.16 bits per heavy atom. The van der Waals surface area contributed by atoms with Gasteiger partial charge in [0.2, 0.25) is 0 Å². The number of carboxylic acid groups (broad SMARTS) is 1. The first-order valence-corrected chi connectivity index (χ1v) is 6.40. The third-order valence-electron chi connectivity index (χ3n) is 2.28. The molecule has 0 bridgehead atoms. The molecule has 0 heterocycles. The van der Waals surface area contributed by atoms with E-state index in [4.69, 9.17) is 9.84 Å². The fourth-order valence-electron chi connectivity index (χ4n) is 1.33. The minimum absolute atomic E-state index is 0.151. The highest BCUT2D eigenvalue weighted by Crippen LogP contribution is 2.23. The molecule has 0 aliphatic carbocycles. The average molecular weight is 331 g/mol. The van der Waals surface area contributed by atoms with Gasteiger partial charge in [0.1, 0.15) is 0 Å². The summed E-state index contributed by atoms with van der Waals surface area (Å²) < 4.78 is 5.38. The first-order valence-electron chi connectivity index (χ1n) is 5.61. The van der Waals surface area contributed by atoms with Gasteiger partial charge in [-0.15, -0.1) is 0 Å². The lowest BCUT2D eigenvalue weighted by Crippen LogP contribution is -2.30. The van der Waals surface area contributed by atoms with Crippen molar-refractivity contribution in [2.24, 2.45) is 0 Å². The predicted molar refractivity (Wildman–Crippen MR) is 74.6 cm³/mol. The number of anilines is 1. The number of carbonyl (C=O) groups excluding carboxylic acids is 1. The molecule has 7 heteroatoms. The molecule has 0 aromatic heterocycles. The molecule has 0 spiro atoms. The van der Waals surface area contributed by atoms with Crippen LogP contribution in [0.25, 0.3) is 0 Å². The van der Waals surface area contributed by atoms with Crippen LogP contribution in [-0.2, 0) is 4.74 Å². The number of rotatable bonds is 6. The van der Waals surface area contributed by atoms with Crippen LogP contribution in [-0.4, -0.2) is 37.4 Å². The predicted octanol–water partition coefficient (Wildman–Crippen LogP) is 2.31. The van der Waals surface area contributed by atoms with E-state index in [1.165, 1.54) is 18.2 Å². The summed E-state index contributed by atoms with van der Waals surface area (Å²) in [5.74, 6) is -1.02. The van der Waals surface area contributed by atoms with E-state index in [2.05, 4.69) is 26.6 Å². The molecule has 6 nitrogen and oxygen atoms in total. The number of carboxylic acids is 1. The summed E-state index contributed by atoms with van der Waals surface area (Å²) in [4.78, 5) is 22.3. The number of methoxy groups -OCH3 is 1. The molecule has 0 saturated carbocycles. The molecule has 2 amide bonds. The number of hydrogen-bond donors (Lipinski definition) is 3. The maximum Gasteiger partial charge on any atom is 0.335 e. The zero-order valence-electron chi connectivity index (χ0n) is 10.4. The molecule has 3 N–H and O–H groups in total. The lowest BCUT2D eigenvalue weighted by Gasteiger charge is -2.09. The van der Waals surface area contributed by atoms with Gasteiger partial charge in [-0.05, 0) is 40.5 Å². The molecular weight excluding hydrogens is 316 g/mol. The van der Waals surface area contributed by atoms with Crippen LogP contribution >= 0.6 is 15.9 Å². The maximum absolute atomic E-state index is 11.5. The lowest BCUT2D eigenvalue weighted by molar-refractivity contribution is 0.0697. The zero-order chi connectivity index (χ0) is 14.3. The van der Waals surface area contributed by atoms with Gasteiger partial charge >= 0.3 is 12.0 Å². The van der Waals surface area contributed by atoms with Crippen LogP contribution in [0.15, 0.2) is 22.7 Å². The number of aromatic carboxylic acids is 1. The van der Waals surface area contributed by atoms with Crippen molar-refractivity contribution in [1.82, 2.24) is 5.32 Å². The van der Waals surface area contributed by atoms with Gasteiger partial charge in [0.25, 0.3) is 0 Å². The van der Waals surface area contributed by atoms with Gasteiger partial charge in [-0.25, -0.2) is 9.59 Å². The molecule has 0 aliphatic rings. The Bertz CT molecular complexity index is 465. The van der Waals surface area contributed by atoms with Crippen molar-refractivity contribution >= 4 is 33.6 Å². The van der Waals surface area contributed by atoms with E-state index >= 15 is 0 Å². The van der Waals surface area contributed by atoms with Crippen LogP contribution in [0.3, 0.4) is 0 Å². The highest BCUT2D eigenvalue weighted by molar-refractivity contribution is 9.10. The molecule has 1 rings (SSSR count). The average Bonchev–Trinajstić information content (AvgIpc) is 2.37. The molecule has 1 aromatic rings. The summed E-state index contributed by atoms with van der Waals surface area (Å²) in [6, 6.07) is 4.04. The van der Waals surface area contributed by atoms with Gasteiger partial charge in [-0.3, -0.25) is 0 Å². The SMILES string of the molecule is COCCCNC(=O)Nc1ccc(C(=O)O)cc1Br. The monoisotopic (exact) mass is 330 g/mol. The third-order valence-corrected chi connectivity index (χ3v) is 2.93. The molecule has 0 fully saturated rings. The topological polar surface area (TPSA) is 87.7 Å². The second-order valence-corrected chi connectivity index (χ2v) is 4.58. The number of hydrogen-bond acceptors (Lipinski definition) is 3. The van der Waals surface area contributed by atoms with Crippen LogP contribution in [0.4, 0.5) is 10.5 Å².